The Labute approximate surface area is 97.9 Å². The predicted octanol–water partition coefficient (Wildman–Crippen LogP) is 3.61. The maximum atomic E-state index is 10.0. The summed E-state index contributed by atoms with van der Waals surface area (Å²) in [6.07, 6.45) is 0. The number of rotatable bonds is 0. The first-order valence-electron chi connectivity index (χ1n) is 5.41. The molecule has 1 aromatic heterocycles. The maximum Gasteiger partial charge on any atom is 0.139 e. The van der Waals surface area contributed by atoms with Crippen LogP contribution >= 0.6 is 0 Å². The molecule has 0 saturated carbocycles. The zero-order valence-corrected chi connectivity index (χ0v) is 9.61. The van der Waals surface area contributed by atoms with E-state index in [0.717, 1.165) is 16.5 Å². The van der Waals surface area contributed by atoms with Gasteiger partial charge in [-0.05, 0) is 43.2 Å². The lowest BCUT2D eigenvalue weighted by molar-refractivity contribution is 0.474. The fourth-order valence-electron chi connectivity index (χ4n) is 2.32. The van der Waals surface area contributed by atoms with Crippen molar-refractivity contribution in [1.82, 2.24) is 0 Å². The number of hydrogen-bond acceptors (Lipinski definition) is 3. The first-order chi connectivity index (χ1) is 8.06. The second kappa shape index (κ2) is 3.17. The third-order valence-corrected chi connectivity index (χ3v) is 2.98. The van der Waals surface area contributed by atoms with Gasteiger partial charge in [-0.3, -0.25) is 0 Å². The SMILES string of the molecule is Cc1cc(O)c2c(c1)oc1cc(O)cc(C)c12. The second-order valence-corrected chi connectivity index (χ2v) is 4.40. The first kappa shape index (κ1) is 10.0. The van der Waals surface area contributed by atoms with Crippen molar-refractivity contribution >= 4 is 21.9 Å². The van der Waals surface area contributed by atoms with E-state index in [4.69, 9.17) is 4.42 Å². The van der Waals surface area contributed by atoms with E-state index in [2.05, 4.69) is 0 Å². The van der Waals surface area contributed by atoms with Crippen molar-refractivity contribution in [2.45, 2.75) is 13.8 Å². The normalized spacial score (nSPS) is 11.4. The van der Waals surface area contributed by atoms with Crippen molar-refractivity contribution in [3.8, 4) is 11.5 Å². The Bertz CT molecular complexity index is 676. The molecule has 0 unspecified atom stereocenters. The molecule has 0 spiro atoms. The van der Waals surface area contributed by atoms with E-state index in [1.54, 1.807) is 18.2 Å². The number of furan rings is 1. The van der Waals surface area contributed by atoms with Gasteiger partial charge in [-0.15, -0.1) is 0 Å². The van der Waals surface area contributed by atoms with Crippen LogP contribution in [-0.4, -0.2) is 10.2 Å². The number of benzene rings is 2. The summed E-state index contributed by atoms with van der Waals surface area (Å²) in [5.41, 5.74) is 3.07. The van der Waals surface area contributed by atoms with Gasteiger partial charge >= 0.3 is 0 Å². The van der Waals surface area contributed by atoms with Crippen LogP contribution in [0.1, 0.15) is 11.1 Å². The van der Waals surface area contributed by atoms with E-state index >= 15 is 0 Å². The lowest BCUT2D eigenvalue weighted by atomic mass is 10.1. The molecule has 0 fully saturated rings. The lowest BCUT2D eigenvalue weighted by Gasteiger charge is -1.99. The van der Waals surface area contributed by atoms with Crippen LogP contribution in [0.5, 0.6) is 11.5 Å². The Morgan fingerprint density at radius 2 is 1.59 bits per heavy atom. The van der Waals surface area contributed by atoms with E-state index in [0.29, 0.717) is 16.6 Å². The Balaban J connectivity index is 2.60. The average Bonchev–Trinajstić information content (AvgIpc) is 2.55. The Morgan fingerprint density at radius 1 is 0.882 bits per heavy atom. The van der Waals surface area contributed by atoms with Gasteiger partial charge in [-0.1, -0.05) is 0 Å². The quantitative estimate of drug-likeness (QED) is 0.618. The van der Waals surface area contributed by atoms with Crippen LogP contribution in [0.2, 0.25) is 0 Å². The van der Waals surface area contributed by atoms with Crippen LogP contribution in [0.4, 0.5) is 0 Å². The molecule has 17 heavy (non-hydrogen) atoms. The van der Waals surface area contributed by atoms with Gasteiger partial charge in [0.1, 0.15) is 22.7 Å². The molecular weight excluding hydrogens is 216 g/mol. The van der Waals surface area contributed by atoms with Crippen molar-refractivity contribution in [2.75, 3.05) is 0 Å². The van der Waals surface area contributed by atoms with Gasteiger partial charge in [0.25, 0.3) is 0 Å². The summed E-state index contributed by atoms with van der Waals surface area (Å²) < 4.78 is 5.66. The van der Waals surface area contributed by atoms with E-state index < -0.39 is 0 Å². The fourth-order valence-corrected chi connectivity index (χ4v) is 2.32. The van der Waals surface area contributed by atoms with Crippen LogP contribution in [-0.2, 0) is 0 Å². The molecule has 0 aliphatic heterocycles. The molecular formula is C14H12O3. The molecule has 3 aromatic rings. The van der Waals surface area contributed by atoms with Crippen molar-refractivity contribution in [3.63, 3.8) is 0 Å². The van der Waals surface area contributed by atoms with E-state index in [1.165, 1.54) is 0 Å². The Hall–Kier alpha value is -2.16. The zero-order valence-electron chi connectivity index (χ0n) is 9.61. The molecule has 0 bridgehead atoms. The minimum absolute atomic E-state index is 0.172. The number of hydrogen-bond donors (Lipinski definition) is 2. The zero-order chi connectivity index (χ0) is 12.2. The monoisotopic (exact) mass is 228 g/mol. The molecule has 1 heterocycles. The van der Waals surface area contributed by atoms with Gasteiger partial charge in [-0.2, -0.15) is 0 Å². The second-order valence-electron chi connectivity index (χ2n) is 4.40. The van der Waals surface area contributed by atoms with Gasteiger partial charge < -0.3 is 14.6 Å². The molecule has 3 rings (SSSR count). The highest BCUT2D eigenvalue weighted by molar-refractivity contribution is 6.10. The highest BCUT2D eigenvalue weighted by atomic mass is 16.3. The summed E-state index contributed by atoms with van der Waals surface area (Å²) in [5.74, 6) is 0.387. The van der Waals surface area contributed by atoms with Crippen LogP contribution in [0.15, 0.2) is 28.7 Å². The summed E-state index contributed by atoms with van der Waals surface area (Å²) in [5, 5.41) is 21.1. The topological polar surface area (TPSA) is 53.6 Å². The Kier molecular flexibility index (Phi) is 1.87. The molecule has 3 heteroatoms. The highest BCUT2D eigenvalue weighted by Gasteiger charge is 2.14. The third-order valence-electron chi connectivity index (χ3n) is 2.98. The highest BCUT2D eigenvalue weighted by Crippen LogP contribution is 2.38. The molecule has 0 aliphatic carbocycles. The average molecular weight is 228 g/mol. The molecule has 2 aromatic carbocycles. The number of aromatic hydroxyl groups is 2. The van der Waals surface area contributed by atoms with Crippen molar-refractivity contribution < 1.29 is 14.6 Å². The molecule has 0 amide bonds. The van der Waals surface area contributed by atoms with Crippen LogP contribution in [0.25, 0.3) is 21.9 Å². The summed E-state index contributed by atoms with van der Waals surface area (Å²) in [4.78, 5) is 0. The van der Waals surface area contributed by atoms with Gasteiger partial charge in [0.2, 0.25) is 0 Å². The van der Waals surface area contributed by atoms with Crippen LogP contribution in [0.3, 0.4) is 0 Å². The van der Waals surface area contributed by atoms with Gasteiger partial charge in [0.05, 0.1) is 5.39 Å². The maximum absolute atomic E-state index is 10.0. The van der Waals surface area contributed by atoms with Crippen LogP contribution < -0.4 is 0 Å². The minimum Gasteiger partial charge on any atom is -0.508 e. The first-order valence-corrected chi connectivity index (χ1v) is 5.41. The number of phenolic OH excluding ortho intramolecular Hbond substituents is 2. The molecule has 0 radical (unpaired) electrons. The van der Waals surface area contributed by atoms with Gasteiger partial charge in [0, 0.05) is 11.5 Å². The van der Waals surface area contributed by atoms with E-state index in [9.17, 15) is 10.2 Å². The predicted molar refractivity (Wildman–Crippen MR) is 66.5 cm³/mol. The fraction of sp³-hybridized carbons (Fsp3) is 0.143. The summed E-state index contributed by atoms with van der Waals surface area (Å²) in [7, 11) is 0. The van der Waals surface area contributed by atoms with Crippen molar-refractivity contribution in [2.24, 2.45) is 0 Å². The van der Waals surface area contributed by atoms with Crippen molar-refractivity contribution in [1.29, 1.82) is 0 Å². The van der Waals surface area contributed by atoms with E-state index in [-0.39, 0.29) is 11.5 Å². The molecule has 0 atom stereocenters. The minimum atomic E-state index is 0.172. The molecule has 3 nitrogen and oxygen atoms in total. The summed E-state index contributed by atoms with van der Waals surface area (Å²) in [6, 6.07) is 6.82. The number of aryl methyl sites for hydroxylation is 2. The number of fused-ring (bicyclic) bond motifs is 3. The molecule has 2 N–H and O–H groups in total. The summed E-state index contributed by atoms with van der Waals surface area (Å²) >= 11 is 0. The van der Waals surface area contributed by atoms with Gasteiger partial charge in [0.15, 0.2) is 0 Å². The lowest BCUT2D eigenvalue weighted by Crippen LogP contribution is -1.77. The molecule has 86 valence electrons. The Morgan fingerprint density at radius 3 is 2.35 bits per heavy atom. The smallest absolute Gasteiger partial charge is 0.139 e. The van der Waals surface area contributed by atoms with Crippen LogP contribution in [0, 0.1) is 13.8 Å². The third kappa shape index (κ3) is 1.35. The summed E-state index contributed by atoms with van der Waals surface area (Å²) in [6.45, 7) is 3.78. The van der Waals surface area contributed by atoms with Gasteiger partial charge in [-0.25, -0.2) is 0 Å². The van der Waals surface area contributed by atoms with E-state index in [1.807, 2.05) is 19.9 Å². The molecule has 0 aliphatic rings. The van der Waals surface area contributed by atoms with Crippen molar-refractivity contribution in [3.05, 3.63) is 35.4 Å². The molecule has 0 saturated heterocycles. The largest absolute Gasteiger partial charge is 0.508 e. The number of phenols is 2. The standard InChI is InChI=1S/C14H12O3/c1-7-3-10(16)14-11(4-7)17-12-6-9(15)5-8(2)13(12)14/h3-6,15-16H,1-2H3.